The second-order valence-corrected chi connectivity index (χ2v) is 7.53. The molecule has 0 N–H and O–H groups in total. The van der Waals surface area contributed by atoms with Crippen molar-refractivity contribution in [1.82, 2.24) is 14.9 Å². The first-order valence-corrected chi connectivity index (χ1v) is 9.13. The van der Waals surface area contributed by atoms with E-state index >= 15 is 0 Å². The summed E-state index contributed by atoms with van der Waals surface area (Å²) in [6.45, 7) is 5.12. The maximum absolute atomic E-state index is 13.9. The van der Waals surface area contributed by atoms with Gasteiger partial charge in [-0.3, -0.25) is 4.79 Å². The fourth-order valence-corrected chi connectivity index (χ4v) is 4.19. The minimum absolute atomic E-state index is 0.0137. The fourth-order valence-electron chi connectivity index (χ4n) is 3.96. The third-order valence-corrected chi connectivity index (χ3v) is 5.70. The molecular formula is C19H20ClFN4O. The topological polar surface area (TPSA) is 49.3 Å². The van der Waals surface area contributed by atoms with Gasteiger partial charge in [-0.2, -0.15) is 0 Å². The van der Waals surface area contributed by atoms with E-state index in [0.29, 0.717) is 29.9 Å². The number of hydrogen-bond acceptors (Lipinski definition) is 4. The van der Waals surface area contributed by atoms with Gasteiger partial charge in [0.1, 0.15) is 18.0 Å². The lowest BCUT2D eigenvalue weighted by Crippen LogP contribution is -2.34. The Bertz CT molecular complexity index is 812. The number of amides is 1. The standard InChI is InChI=1S/C19H20ClFN4O/c1-12-5-18(23-11-22-12)24-7-13-9-25(10-14(13)8-24)19(26)6-15-16(20)3-2-4-17(15)21/h2-5,11,13-14H,6-10H2,1H3. The van der Waals surface area contributed by atoms with Crippen molar-refractivity contribution in [3.63, 3.8) is 0 Å². The minimum atomic E-state index is -0.421. The van der Waals surface area contributed by atoms with E-state index in [9.17, 15) is 9.18 Å². The molecule has 2 unspecified atom stereocenters. The van der Waals surface area contributed by atoms with E-state index in [-0.39, 0.29) is 17.9 Å². The number of carbonyl (C=O) groups is 1. The molecule has 1 aromatic carbocycles. The van der Waals surface area contributed by atoms with Gasteiger partial charge in [-0.25, -0.2) is 14.4 Å². The number of halogens is 2. The van der Waals surface area contributed by atoms with Gasteiger partial charge in [-0.1, -0.05) is 17.7 Å². The molecule has 2 atom stereocenters. The highest BCUT2D eigenvalue weighted by molar-refractivity contribution is 6.31. The van der Waals surface area contributed by atoms with E-state index in [0.717, 1.165) is 24.6 Å². The second kappa shape index (κ2) is 6.83. The van der Waals surface area contributed by atoms with Crippen molar-refractivity contribution in [2.24, 2.45) is 11.8 Å². The Morgan fingerprint density at radius 1 is 1.23 bits per heavy atom. The van der Waals surface area contributed by atoms with Gasteiger partial charge in [0, 0.05) is 60.4 Å². The van der Waals surface area contributed by atoms with Crippen LogP contribution in [-0.2, 0) is 11.2 Å². The number of nitrogens with zero attached hydrogens (tertiary/aromatic N) is 4. The molecule has 1 aromatic heterocycles. The number of aryl methyl sites for hydroxylation is 1. The molecule has 1 amide bonds. The van der Waals surface area contributed by atoms with Crippen molar-refractivity contribution in [2.75, 3.05) is 31.1 Å². The van der Waals surface area contributed by atoms with Crippen molar-refractivity contribution >= 4 is 23.3 Å². The third kappa shape index (κ3) is 3.26. The molecule has 0 spiro atoms. The fraction of sp³-hybridized carbons (Fsp3) is 0.421. The van der Waals surface area contributed by atoms with E-state index in [4.69, 9.17) is 11.6 Å². The predicted molar refractivity (Wildman–Crippen MR) is 97.7 cm³/mol. The minimum Gasteiger partial charge on any atom is -0.356 e. The molecule has 7 heteroatoms. The van der Waals surface area contributed by atoms with Crippen LogP contribution in [0.25, 0.3) is 0 Å². The Kier molecular flexibility index (Phi) is 4.53. The predicted octanol–water partition coefficient (Wildman–Crippen LogP) is 2.71. The van der Waals surface area contributed by atoms with Gasteiger partial charge in [0.2, 0.25) is 5.91 Å². The number of rotatable bonds is 3. The summed E-state index contributed by atoms with van der Waals surface area (Å²) in [4.78, 5) is 25.2. The van der Waals surface area contributed by atoms with Crippen molar-refractivity contribution in [3.8, 4) is 0 Å². The SMILES string of the molecule is Cc1cc(N2CC3CN(C(=O)Cc4c(F)cccc4Cl)CC3C2)ncn1. The molecule has 0 aliphatic carbocycles. The molecule has 0 saturated carbocycles. The van der Waals surface area contributed by atoms with E-state index in [1.54, 1.807) is 18.5 Å². The zero-order valence-corrected chi connectivity index (χ0v) is 15.3. The van der Waals surface area contributed by atoms with Crippen LogP contribution in [-0.4, -0.2) is 47.0 Å². The summed E-state index contributed by atoms with van der Waals surface area (Å²) < 4.78 is 13.9. The first-order valence-electron chi connectivity index (χ1n) is 8.75. The highest BCUT2D eigenvalue weighted by Crippen LogP contribution is 2.34. The molecule has 0 bridgehead atoms. The van der Waals surface area contributed by atoms with Crippen LogP contribution < -0.4 is 4.90 Å². The smallest absolute Gasteiger partial charge is 0.227 e. The summed E-state index contributed by atoms with van der Waals surface area (Å²) in [6.07, 6.45) is 1.60. The second-order valence-electron chi connectivity index (χ2n) is 7.12. The molecule has 136 valence electrons. The molecule has 2 fully saturated rings. The van der Waals surface area contributed by atoms with Crippen LogP contribution in [0, 0.1) is 24.6 Å². The maximum Gasteiger partial charge on any atom is 0.227 e. The number of likely N-dealkylation sites (tertiary alicyclic amines) is 1. The van der Waals surface area contributed by atoms with Crippen LogP contribution in [0.2, 0.25) is 5.02 Å². The molecule has 5 nitrogen and oxygen atoms in total. The highest BCUT2D eigenvalue weighted by Gasteiger charge is 2.42. The quantitative estimate of drug-likeness (QED) is 0.828. The van der Waals surface area contributed by atoms with Gasteiger partial charge in [-0.15, -0.1) is 0 Å². The van der Waals surface area contributed by atoms with Gasteiger partial charge in [0.25, 0.3) is 0 Å². The number of fused-ring (bicyclic) bond motifs is 1. The van der Waals surface area contributed by atoms with Crippen LogP contribution in [0.1, 0.15) is 11.3 Å². The largest absolute Gasteiger partial charge is 0.356 e. The number of anilines is 1. The van der Waals surface area contributed by atoms with Crippen LogP contribution in [0.15, 0.2) is 30.6 Å². The van der Waals surface area contributed by atoms with Crippen molar-refractivity contribution < 1.29 is 9.18 Å². The summed E-state index contributed by atoms with van der Waals surface area (Å²) in [5.41, 5.74) is 1.24. The maximum atomic E-state index is 13.9. The van der Waals surface area contributed by atoms with Crippen LogP contribution >= 0.6 is 11.6 Å². The summed E-state index contributed by atoms with van der Waals surface area (Å²) in [6, 6.07) is 6.50. The first-order chi connectivity index (χ1) is 12.5. The highest BCUT2D eigenvalue weighted by atomic mass is 35.5. The number of benzene rings is 1. The lowest BCUT2D eigenvalue weighted by Gasteiger charge is -2.22. The average Bonchev–Trinajstić information content (AvgIpc) is 3.17. The van der Waals surface area contributed by atoms with Gasteiger partial charge in [-0.05, 0) is 19.1 Å². The number of carbonyl (C=O) groups excluding carboxylic acids is 1. The summed E-state index contributed by atoms with van der Waals surface area (Å²) >= 11 is 6.05. The molecule has 26 heavy (non-hydrogen) atoms. The Morgan fingerprint density at radius 3 is 2.62 bits per heavy atom. The van der Waals surface area contributed by atoms with Gasteiger partial charge < -0.3 is 9.80 Å². The Balaban J connectivity index is 1.39. The molecule has 2 saturated heterocycles. The first kappa shape index (κ1) is 17.2. The van der Waals surface area contributed by atoms with Crippen LogP contribution in [0.4, 0.5) is 10.2 Å². The Labute approximate surface area is 156 Å². The Morgan fingerprint density at radius 2 is 1.96 bits per heavy atom. The van der Waals surface area contributed by atoms with Gasteiger partial charge >= 0.3 is 0 Å². The van der Waals surface area contributed by atoms with Crippen LogP contribution in [0.5, 0.6) is 0 Å². The average molecular weight is 375 g/mol. The summed E-state index contributed by atoms with van der Waals surface area (Å²) in [5, 5.41) is 0.308. The van der Waals surface area contributed by atoms with Gasteiger partial charge in [0.15, 0.2) is 0 Å². The molecule has 2 aliphatic rings. The zero-order chi connectivity index (χ0) is 18.3. The van der Waals surface area contributed by atoms with Crippen LogP contribution in [0.3, 0.4) is 0 Å². The van der Waals surface area contributed by atoms with Crippen molar-refractivity contribution in [2.45, 2.75) is 13.3 Å². The van der Waals surface area contributed by atoms with Crippen molar-refractivity contribution in [1.29, 1.82) is 0 Å². The van der Waals surface area contributed by atoms with E-state index in [1.807, 2.05) is 17.9 Å². The number of aromatic nitrogens is 2. The van der Waals surface area contributed by atoms with Crippen molar-refractivity contribution in [3.05, 3.63) is 52.7 Å². The molecule has 3 heterocycles. The van der Waals surface area contributed by atoms with E-state index in [2.05, 4.69) is 14.9 Å². The molecule has 4 rings (SSSR count). The summed E-state index contributed by atoms with van der Waals surface area (Å²) in [7, 11) is 0. The molecule has 2 aliphatic heterocycles. The lowest BCUT2D eigenvalue weighted by molar-refractivity contribution is -0.129. The van der Waals surface area contributed by atoms with Gasteiger partial charge in [0.05, 0.1) is 6.42 Å². The normalized spacial score (nSPS) is 22.0. The molecule has 2 aromatic rings. The van der Waals surface area contributed by atoms with E-state index < -0.39 is 5.82 Å². The molecule has 0 radical (unpaired) electrons. The third-order valence-electron chi connectivity index (χ3n) is 5.34. The molecular weight excluding hydrogens is 355 g/mol. The monoisotopic (exact) mass is 374 g/mol. The summed E-state index contributed by atoms with van der Waals surface area (Å²) in [5.74, 6) is 1.31. The van der Waals surface area contributed by atoms with E-state index in [1.165, 1.54) is 6.07 Å². The lowest BCUT2D eigenvalue weighted by atomic mass is 10.0. The Hall–Kier alpha value is -2.21. The zero-order valence-electron chi connectivity index (χ0n) is 14.5. The number of hydrogen-bond donors (Lipinski definition) is 0.